The second-order valence-corrected chi connectivity index (χ2v) is 6.26. The molecule has 1 heterocycles. The van der Waals surface area contributed by atoms with Crippen molar-refractivity contribution in [1.82, 2.24) is 15.5 Å². The summed E-state index contributed by atoms with van der Waals surface area (Å²) in [7, 11) is 1.50. The van der Waals surface area contributed by atoms with Crippen LogP contribution in [0.1, 0.15) is 15.9 Å². The molecule has 10 heteroatoms. The molecule has 27 heavy (non-hydrogen) atoms. The molecule has 0 aromatic heterocycles. The zero-order valence-electron chi connectivity index (χ0n) is 14.5. The number of rotatable bonds is 5. The molecule has 1 aliphatic rings. The van der Waals surface area contributed by atoms with E-state index in [1.54, 1.807) is 24.3 Å². The van der Waals surface area contributed by atoms with Crippen LogP contribution in [0.25, 0.3) is 0 Å². The van der Waals surface area contributed by atoms with Crippen molar-refractivity contribution in [3.8, 4) is 0 Å². The number of likely N-dealkylation sites (tertiary alicyclic amines) is 1. The number of hydrogen-bond acceptors (Lipinski definition) is 3. The molecule has 1 saturated heterocycles. The van der Waals surface area contributed by atoms with Gasteiger partial charge in [-0.15, -0.1) is 0 Å². The maximum Gasteiger partial charge on any atom is 0.394 e. The maximum atomic E-state index is 13.0. The van der Waals surface area contributed by atoms with Crippen LogP contribution in [0, 0.1) is 11.8 Å². The number of carbonyl (C=O) groups excluding carboxylic acids is 2. The average molecular weight is 387 g/mol. The Hall–Kier alpha value is -2.78. The van der Waals surface area contributed by atoms with Gasteiger partial charge >= 0.3 is 18.2 Å². The van der Waals surface area contributed by atoms with E-state index in [9.17, 15) is 27.6 Å². The molecule has 0 radical (unpaired) electrons. The number of nitrogens with zero attached hydrogens (tertiary/aromatic N) is 1. The second kappa shape index (κ2) is 8.28. The van der Waals surface area contributed by atoms with Crippen LogP contribution in [-0.2, 0) is 11.2 Å². The number of halogens is 3. The van der Waals surface area contributed by atoms with Crippen LogP contribution in [0.2, 0.25) is 0 Å². The lowest BCUT2D eigenvalue weighted by molar-refractivity contribution is -0.187. The first-order valence-electron chi connectivity index (χ1n) is 8.26. The van der Waals surface area contributed by atoms with Crippen LogP contribution in [0.3, 0.4) is 0 Å². The molecule has 2 rings (SSSR count). The Morgan fingerprint density at radius 2 is 1.96 bits per heavy atom. The Kier molecular flexibility index (Phi) is 6.29. The molecular formula is C17H20F3N3O4. The predicted octanol–water partition coefficient (Wildman–Crippen LogP) is 1.49. The van der Waals surface area contributed by atoms with Crippen LogP contribution in [0.15, 0.2) is 24.3 Å². The number of urea groups is 1. The topological polar surface area (TPSA) is 98.7 Å². The van der Waals surface area contributed by atoms with E-state index < -0.39 is 43.1 Å². The number of amides is 3. The minimum Gasteiger partial charge on any atom is -0.481 e. The van der Waals surface area contributed by atoms with Gasteiger partial charge in [-0.1, -0.05) is 12.1 Å². The normalized spacial score (nSPS) is 19.6. The Morgan fingerprint density at radius 1 is 1.26 bits per heavy atom. The molecule has 7 nitrogen and oxygen atoms in total. The third kappa shape index (κ3) is 5.11. The van der Waals surface area contributed by atoms with Gasteiger partial charge in [-0.3, -0.25) is 9.59 Å². The molecule has 2 atom stereocenters. The SMILES string of the molecule is CNC(=O)c1cccc(CCNC(=O)N2C[C@@H](C(F)(F)F)[C@H](C(=O)O)C2)c1. The standard InChI is InChI=1S/C17H20F3N3O4/c1-21-14(24)11-4-2-3-10(7-11)5-6-22-16(27)23-8-12(15(25)26)13(9-23)17(18,19)20/h2-4,7,12-13H,5-6,8-9H2,1H3,(H,21,24)(H,22,27)(H,25,26)/t12-,13-/m1/s1. The third-order valence-corrected chi connectivity index (χ3v) is 4.45. The molecule has 3 N–H and O–H groups in total. The Balaban J connectivity index is 1.91. The van der Waals surface area contributed by atoms with Crippen LogP contribution < -0.4 is 10.6 Å². The van der Waals surface area contributed by atoms with Crippen LogP contribution in [-0.4, -0.2) is 60.8 Å². The fourth-order valence-electron chi connectivity index (χ4n) is 2.99. The van der Waals surface area contributed by atoms with E-state index in [0.717, 1.165) is 10.5 Å². The number of alkyl halides is 3. The number of carboxylic acids is 1. The maximum absolute atomic E-state index is 13.0. The predicted molar refractivity (Wildman–Crippen MR) is 89.2 cm³/mol. The van der Waals surface area contributed by atoms with E-state index in [4.69, 9.17) is 5.11 Å². The van der Waals surface area contributed by atoms with E-state index in [-0.39, 0.29) is 12.5 Å². The van der Waals surface area contributed by atoms with Crippen molar-refractivity contribution in [2.75, 3.05) is 26.7 Å². The zero-order chi connectivity index (χ0) is 20.2. The first-order chi connectivity index (χ1) is 12.6. The highest BCUT2D eigenvalue weighted by molar-refractivity contribution is 5.94. The van der Waals surface area contributed by atoms with E-state index in [2.05, 4.69) is 10.6 Å². The lowest BCUT2D eigenvalue weighted by atomic mass is 9.96. The quantitative estimate of drug-likeness (QED) is 0.713. The molecule has 0 spiro atoms. The summed E-state index contributed by atoms with van der Waals surface area (Å²) < 4.78 is 38.9. The lowest BCUT2D eigenvalue weighted by Gasteiger charge is -2.18. The largest absolute Gasteiger partial charge is 0.481 e. The van der Waals surface area contributed by atoms with Gasteiger partial charge in [-0.2, -0.15) is 13.2 Å². The number of carboxylic acid groups (broad SMARTS) is 1. The van der Waals surface area contributed by atoms with Crippen molar-refractivity contribution >= 4 is 17.9 Å². The van der Waals surface area contributed by atoms with Crippen LogP contribution >= 0.6 is 0 Å². The number of nitrogens with one attached hydrogen (secondary N) is 2. The second-order valence-electron chi connectivity index (χ2n) is 6.26. The van der Waals surface area contributed by atoms with Crippen LogP contribution in [0.5, 0.6) is 0 Å². The van der Waals surface area contributed by atoms with Gasteiger partial charge in [0.1, 0.15) is 0 Å². The average Bonchev–Trinajstić information content (AvgIpc) is 3.07. The molecule has 1 aliphatic heterocycles. The van der Waals surface area contributed by atoms with Gasteiger partial charge < -0.3 is 20.6 Å². The summed E-state index contributed by atoms with van der Waals surface area (Å²) in [6.45, 7) is -1.03. The minimum atomic E-state index is -4.68. The Morgan fingerprint density at radius 3 is 2.52 bits per heavy atom. The van der Waals surface area contributed by atoms with E-state index in [1.807, 2.05) is 0 Å². The summed E-state index contributed by atoms with van der Waals surface area (Å²) in [6.07, 6.45) is -4.31. The summed E-state index contributed by atoms with van der Waals surface area (Å²) in [5.41, 5.74) is 1.23. The number of carbonyl (C=O) groups is 3. The molecule has 0 unspecified atom stereocenters. The van der Waals surface area contributed by atoms with Gasteiger partial charge in [0.15, 0.2) is 0 Å². The minimum absolute atomic E-state index is 0.140. The highest BCUT2D eigenvalue weighted by Crippen LogP contribution is 2.37. The molecular weight excluding hydrogens is 367 g/mol. The fourth-order valence-corrected chi connectivity index (χ4v) is 2.99. The number of aliphatic carboxylic acids is 1. The van der Waals surface area contributed by atoms with Crippen molar-refractivity contribution in [1.29, 1.82) is 0 Å². The van der Waals surface area contributed by atoms with Gasteiger partial charge in [0.25, 0.3) is 5.91 Å². The van der Waals surface area contributed by atoms with Gasteiger partial charge in [-0.25, -0.2) is 4.79 Å². The summed E-state index contributed by atoms with van der Waals surface area (Å²) in [5.74, 6) is -5.57. The molecule has 1 fully saturated rings. The zero-order valence-corrected chi connectivity index (χ0v) is 14.5. The van der Waals surface area contributed by atoms with E-state index >= 15 is 0 Å². The van der Waals surface area contributed by atoms with Crippen molar-refractivity contribution in [2.24, 2.45) is 11.8 Å². The van der Waals surface area contributed by atoms with Gasteiger partial charge in [-0.05, 0) is 24.1 Å². The Bertz CT molecular complexity index is 724. The van der Waals surface area contributed by atoms with Gasteiger partial charge in [0.05, 0.1) is 11.8 Å². The molecule has 0 aliphatic carbocycles. The molecule has 0 bridgehead atoms. The fraction of sp³-hybridized carbons (Fsp3) is 0.471. The highest BCUT2D eigenvalue weighted by atomic mass is 19.4. The number of benzene rings is 1. The van der Waals surface area contributed by atoms with Gasteiger partial charge in [0.2, 0.25) is 0 Å². The van der Waals surface area contributed by atoms with Crippen molar-refractivity contribution in [3.05, 3.63) is 35.4 Å². The summed E-state index contributed by atoms with van der Waals surface area (Å²) in [5, 5.41) is 14.0. The Labute approximate surface area is 153 Å². The van der Waals surface area contributed by atoms with Gasteiger partial charge in [0, 0.05) is 32.2 Å². The number of hydrogen-bond donors (Lipinski definition) is 3. The summed E-state index contributed by atoms with van der Waals surface area (Å²) >= 11 is 0. The van der Waals surface area contributed by atoms with Crippen LogP contribution in [0.4, 0.5) is 18.0 Å². The highest BCUT2D eigenvalue weighted by Gasteiger charge is 2.53. The molecule has 0 saturated carbocycles. The lowest BCUT2D eigenvalue weighted by Crippen LogP contribution is -2.40. The smallest absolute Gasteiger partial charge is 0.394 e. The van der Waals surface area contributed by atoms with Crippen molar-refractivity contribution < 1.29 is 32.7 Å². The molecule has 1 aromatic carbocycles. The monoisotopic (exact) mass is 387 g/mol. The first kappa shape index (κ1) is 20.5. The third-order valence-electron chi connectivity index (χ3n) is 4.45. The summed E-state index contributed by atoms with van der Waals surface area (Å²) in [4.78, 5) is 35.6. The van der Waals surface area contributed by atoms with Crippen molar-refractivity contribution in [3.63, 3.8) is 0 Å². The molecule has 1 aromatic rings. The summed E-state index contributed by atoms with van der Waals surface area (Å²) in [6, 6.07) is 5.99. The van der Waals surface area contributed by atoms with Crippen molar-refractivity contribution in [2.45, 2.75) is 12.6 Å². The molecule has 3 amide bonds. The molecule has 148 valence electrons. The van der Waals surface area contributed by atoms with E-state index in [1.165, 1.54) is 7.05 Å². The first-order valence-corrected chi connectivity index (χ1v) is 8.26. The van der Waals surface area contributed by atoms with E-state index in [0.29, 0.717) is 12.0 Å².